The lowest BCUT2D eigenvalue weighted by atomic mass is 9.99. The molecule has 0 spiro atoms. The summed E-state index contributed by atoms with van der Waals surface area (Å²) in [6, 6.07) is 8.81. The van der Waals surface area contributed by atoms with Gasteiger partial charge in [-0.05, 0) is 67.0 Å². The molecule has 0 N–H and O–H groups in total. The molecule has 30 heavy (non-hydrogen) atoms. The fourth-order valence-corrected chi connectivity index (χ4v) is 5.44. The molecule has 154 valence electrons. The molecule has 1 aromatic carbocycles. The zero-order valence-electron chi connectivity index (χ0n) is 16.7. The van der Waals surface area contributed by atoms with Gasteiger partial charge in [-0.25, -0.2) is 14.2 Å². The molecular formula is C23H23FN4OS. The largest absolute Gasteiger partial charge is 0.352 e. The average Bonchev–Trinajstić information content (AvgIpc) is 3.18. The van der Waals surface area contributed by atoms with Gasteiger partial charge in [0.15, 0.2) is 0 Å². The van der Waals surface area contributed by atoms with Crippen molar-refractivity contribution in [3.05, 3.63) is 79.9 Å². The first-order valence-electron chi connectivity index (χ1n) is 10.4. The van der Waals surface area contributed by atoms with Crippen molar-refractivity contribution < 1.29 is 4.39 Å². The maximum Gasteiger partial charge on any atom is 0.352 e. The predicted molar refractivity (Wildman–Crippen MR) is 118 cm³/mol. The van der Waals surface area contributed by atoms with Crippen LogP contribution in [0.3, 0.4) is 0 Å². The molecule has 7 heteroatoms. The topological polar surface area (TPSA) is 51.0 Å². The molecular weight excluding hydrogens is 399 g/mol. The van der Waals surface area contributed by atoms with Crippen molar-refractivity contribution in [1.82, 2.24) is 14.5 Å². The van der Waals surface area contributed by atoms with Crippen molar-refractivity contribution in [2.24, 2.45) is 0 Å². The number of benzene rings is 1. The lowest BCUT2D eigenvalue weighted by Gasteiger charge is -2.26. The van der Waals surface area contributed by atoms with Crippen LogP contribution in [0.4, 0.5) is 10.3 Å². The van der Waals surface area contributed by atoms with Crippen LogP contribution in [0, 0.1) is 5.82 Å². The van der Waals surface area contributed by atoms with E-state index < -0.39 is 0 Å². The van der Waals surface area contributed by atoms with Crippen LogP contribution >= 0.6 is 11.3 Å². The predicted octanol–water partition coefficient (Wildman–Crippen LogP) is 4.06. The van der Waals surface area contributed by atoms with Gasteiger partial charge in [0.05, 0.1) is 6.54 Å². The Morgan fingerprint density at radius 3 is 2.67 bits per heavy atom. The molecule has 0 atom stereocenters. The summed E-state index contributed by atoms with van der Waals surface area (Å²) in [6.07, 6.45) is 9.35. The number of fused-ring (bicyclic) bond motifs is 1. The number of aryl methyl sites for hydroxylation is 2. The molecule has 0 bridgehead atoms. The van der Waals surface area contributed by atoms with Gasteiger partial charge in [-0.2, -0.15) is 4.98 Å². The van der Waals surface area contributed by atoms with Crippen LogP contribution in [0.25, 0.3) is 5.57 Å². The van der Waals surface area contributed by atoms with Gasteiger partial charge in [-0.1, -0.05) is 18.2 Å². The Kier molecular flexibility index (Phi) is 5.21. The zero-order chi connectivity index (χ0) is 20.5. The minimum Gasteiger partial charge on any atom is -0.337 e. The van der Waals surface area contributed by atoms with Gasteiger partial charge >= 0.3 is 5.69 Å². The van der Waals surface area contributed by atoms with E-state index in [1.807, 2.05) is 16.2 Å². The van der Waals surface area contributed by atoms with Crippen LogP contribution in [0.5, 0.6) is 0 Å². The van der Waals surface area contributed by atoms with Gasteiger partial charge in [0.25, 0.3) is 0 Å². The molecule has 0 radical (unpaired) electrons. The first-order chi connectivity index (χ1) is 14.7. The second-order valence-electron chi connectivity index (χ2n) is 7.87. The van der Waals surface area contributed by atoms with Gasteiger partial charge in [-0.3, -0.25) is 4.57 Å². The second kappa shape index (κ2) is 8.14. The van der Waals surface area contributed by atoms with Crippen molar-refractivity contribution in [1.29, 1.82) is 0 Å². The molecule has 3 aromatic rings. The molecule has 5 nitrogen and oxygen atoms in total. The smallest absolute Gasteiger partial charge is 0.337 e. The van der Waals surface area contributed by atoms with E-state index in [-0.39, 0.29) is 11.5 Å². The number of hydrogen-bond donors (Lipinski definition) is 0. The van der Waals surface area contributed by atoms with Gasteiger partial charge < -0.3 is 4.90 Å². The van der Waals surface area contributed by atoms with Gasteiger partial charge in [-0.15, -0.1) is 11.3 Å². The average molecular weight is 423 g/mol. The highest BCUT2D eigenvalue weighted by molar-refractivity contribution is 7.12. The highest BCUT2D eigenvalue weighted by Gasteiger charge is 2.18. The van der Waals surface area contributed by atoms with E-state index in [0.29, 0.717) is 19.0 Å². The Hall–Kier alpha value is -2.80. The molecule has 0 saturated heterocycles. The molecule has 0 fully saturated rings. The van der Waals surface area contributed by atoms with E-state index in [9.17, 15) is 9.18 Å². The molecule has 0 amide bonds. The normalized spacial score (nSPS) is 16.3. The number of anilines is 1. The van der Waals surface area contributed by atoms with E-state index >= 15 is 0 Å². The Morgan fingerprint density at radius 1 is 1.10 bits per heavy atom. The van der Waals surface area contributed by atoms with E-state index in [4.69, 9.17) is 0 Å². The Balaban J connectivity index is 1.28. The summed E-state index contributed by atoms with van der Waals surface area (Å²) < 4.78 is 14.7. The highest BCUT2D eigenvalue weighted by Crippen LogP contribution is 2.30. The number of nitrogens with zero attached hydrogens (tertiary/aromatic N) is 4. The Labute approximate surface area is 178 Å². The van der Waals surface area contributed by atoms with Crippen molar-refractivity contribution in [3.8, 4) is 0 Å². The summed E-state index contributed by atoms with van der Waals surface area (Å²) in [7, 11) is 0. The van der Waals surface area contributed by atoms with Crippen molar-refractivity contribution in [2.75, 3.05) is 18.0 Å². The third-order valence-electron chi connectivity index (χ3n) is 5.83. The minimum atomic E-state index is -0.264. The molecule has 0 saturated carbocycles. The molecule has 1 aliphatic carbocycles. The van der Waals surface area contributed by atoms with E-state index in [1.165, 1.54) is 45.9 Å². The SMILES string of the molecule is O=c1nc(N2CC=C(c3ccc(F)cc3)CC2)ncn1Cc1cc2c(s1)CCCC2. The lowest BCUT2D eigenvalue weighted by molar-refractivity contribution is 0.627. The van der Waals surface area contributed by atoms with Crippen molar-refractivity contribution >= 4 is 22.9 Å². The van der Waals surface area contributed by atoms with Crippen LogP contribution in [0.1, 0.15) is 40.1 Å². The Morgan fingerprint density at radius 2 is 1.93 bits per heavy atom. The fourth-order valence-electron chi connectivity index (χ4n) is 4.19. The van der Waals surface area contributed by atoms with Gasteiger partial charge in [0.2, 0.25) is 5.95 Å². The standard InChI is InChI=1S/C23H23FN4OS/c24-19-7-5-16(6-8-19)17-9-11-27(12-10-17)22-25-15-28(23(29)26-22)14-20-13-18-3-1-2-4-21(18)30-20/h5-9,13,15H,1-4,10-12,14H2. The zero-order valence-corrected chi connectivity index (χ0v) is 17.5. The number of aromatic nitrogens is 3. The number of thiophene rings is 1. The minimum absolute atomic E-state index is 0.228. The molecule has 1 aliphatic heterocycles. The maximum atomic E-state index is 13.1. The molecule has 2 aromatic heterocycles. The van der Waals surface area contributed by atoms with Crippen molar-refractivity contribution in [3.63, 3.8) is 0 Å². The van der Waals surface area contributed by atoms with Crippen LogP contribution in [-0.2, 0) is 19.4 Å². The van der Waals surface area contributed by atoms with Crippen molar-refractivity contribution in [2.45, 2.75) is 38.6 Å². The maximum absolute atomic E-state index is 13.1. The van der Waals surface area contributed by atoms with Crippen LogP contribution in [0.15, 0.2) is 47.5 Å². The summed E-state index contributed by atoms with van der Waals surface area (Å²) in [5, 5.41) is 0. The van der Waals surface area contributed by atoms with E-state index in [2.05, 4.69) is 22.1 Å². The van der Waals surface area contributed by atoms with Crippen LogP contribution in [0.2, 0.25) is 0 Å². The molecule has 0 unspecified atom stereocenters. The summed E-state index contributed by atoms with van der Waals surface area (Å²) in [5.41, 5.74) is 3.40. The van der Waals surface area contributed by atoms with Gasteiger partial charge in [0, 0.05) is 22.8 Å². The fraction of sp³-hybridized carbons (Fsp3) is 0.348. The van der Waals surface area contributed by atoms with Crippen LogP contribution in [-0.4, -0.2) is 27.6 Å². The highest BCUT2D eigenvalue weighted by atomic mass is 32.1. The van der Waals surface area contributed by atoms with E-state index in [0.717, 1.165) is 31.4 Å². The third kappa shape index (κ3) is 3.94. The summed E-state index contributed by atoms with van der Waals surface area (Å²) in [4.78, 5) is 25.9. The summed E-state index contributed by atoms with van der Waals surface area (Å²) in [5.74, 6) is 0.240. The number of halogens is 1. The number of rotatable bonds is 4. The summed E-state index contributed by atoms with van der Waals surface area (Å²) in [6.45, 7) is 1.89. The van der Waals surface area contributed by atoms with Crippen LogP contribution < -0.4 is 10.6 Å². The van der Waals surface area contributed by atoms with E-state index in [1.54, 1.807) is 23.0 Å². The Bertz CT molecular complexity index is 1130. The first-order valence-corrected chi connectivity index (χ1v) is 11.2. The molecule has 3 heterocycles. The molecule has 5 rings (SSSR count). The first kappa shape index (κ1) is 19.2. The monoisotopic (exact) mass is 422 g/mol. The lowest BCUT2D eigenvalue weighted by Crippen LogP contribution is -2.33. The quantitative estimate of drug-likeness (QED) is 0.636. The number of hydrogen-bond acceptors (Lipinski definition) is 5. The third-order valence-corrected chi connectivity index (χ3v) is 7.06. The van der Waals surface area contributed by atoms with Gasteiger partial charge in [0.1, 0.15) is 12.1 Å². The second-order valence-corrected chi connectivity index (χ2v) is 9.09. The molecule has 2 aliphatic rings. The summed E-state index contributed by atoms with van der Waals surface area (Å²) >= 11 is 1.81.